The van der Waals surface area contributed by atoms with Crippen molar-refractivity contribution in [1.29, 1.82) is 0 Å². The number of benzene rings is 2. The summed E-state index contributed by atoms with van der Waals surface area (Å²) in [7, 11) is 3.06. The van der Waals surface area contributed by atoms with Crippen LogP contribution in [-0.4, -0.2) is 57.1 Å². The summed E-state index contributed by atoms with van der Waals surface area (Å²) in [6.07, 6.45) is -1.07. The van der Waals surface area contributed by atoms with Gasteiger partial charge in [-0.1, -0.05) is 24.3 Å². The molecule has 154 valence electrons. The maximum atomic E-state index is 13.7. The second-order valence-corrected chi connectivity index (χ2v) is 7.90. The van der Waals surface area contributed by atoms with E-state index in [0.29, 0.717) is 11.4 Å². The van der Waals surface area contributed by atoms with Gasteiger partial charge in [0.1, 0.15) is 5.75 Å². The zero-order valence-electron chi connectivity index (χ0n) is 19.6. The summed E-state index contributed by atoms with van der Waals surface area (Å²) in [5, 5.41) is -0.483. The van der Waals surface area contributed by atoms with Crippen LogP contribution in [0.5, 0.6) is 5.75 Å². The van der Waals surface area contributed by atoms with Crippen LogP contribution in [0.25, 0.3) is 0 Å². The standard InChI is InChI=1S/C22H26N2O4S/c1-15(25)28-20-21(16-9-11-17(27-4)12-10-16)29-19-8-6-5-7-18(19)24(22(20)26)14-13-23(2)3/h5-12,20-21H,13-14H2,1-4H3/t20-,21+/m0/s1/i2D3. The van der Waals surface area contributed by atoms with Crippen molar-refractivity contribution in [3.05, 3.63) is 54.1 Å². The Morgan fingerprint density at radius 2 is 1.97 bits per heavy atom. The molecule has 1 heterocycles. The number of likely N-dealkylation sites (N-methyl/N-ethyl adjacent to an activating group) is 1. The number of esters is 1. The van der Waals surface area contributed by atoms with Crippen LogP contribution in [0, 0.1) is 0 Å². The van der Waals surface area contributed by atoms with Gasteiger partial charge in [-0.15, -0.1) is 11.8 Å². The molecular weight excluding hydrogens is 388 g/mol. The summed E-state index contributed by atoms with van der Waals surface area (Å²) in [5.74, 6) is -0.275. The quantitative estimate of drug-likeness (QED) is 0.672. The number of thioether (sulfide) groups is 1. The number of carbonyl (C=O) groups is 2. The van der Waals surface area contributed by atoms with Gasteiger partial charge >= 0.3 is 5.97 Å². The second kappa shape index (κ2) is 9.33. The number of amides is 1. The zero-order valence-corrected chi connectivity index (χ0v) is 17.4. The molecule has 2 aromatic carbocycles. The van der Waals surface area contributed by atoms with Crippen molar-refractivity contribution in [3.63, 3.8) is 0 Å². The van der Waals surface area contributed by atoms with Crippen molar-refractivity contribution in [3.8, 4) is 5.75 Å². The van der Waals surface area contributed by atoms with E-state index in [4.69, 9.17) is 13.6 Å². The van der Waals surface area contributed by atoms with E-state index in [9.17, 15) is 9.59 Å². The molecule has 0 N–H and O–H groups in total. The molecule has 7 heteroatoms. The molecule has 0 saturated heterocycles. The van der Waals surface area contributed by atoms with Gasteiger partial charge in [0.15, 0.2) is 6.10 Å². The van der Waals surface area contributed by atoms with E-state index in [1.165, 1.54) is 35.5 Å². The summed E-state index contributed by atoms with van der Waals surface area (Å²) in [4.78, 5) is 29.2. The topological polar surface area (TPSA) is 59.1 Å². The smallest absolute Gasteiger partial charge is 0.303 e. The van der Waals surface area contributed by atoms with E-state index in [0.717, 1.165) is 10.5 Å². The van der Waals surface area contributed by atoms with E-state index < -0.39 is 30.2 Å². The minimum atomic E-state index is -2.27. The summed E-state index contributed by atoms with van der Waals surface area (Å²) in [5.41, 5.74) is 1.47. The molecule has 1 amide bonds. The van der Waals surface area contributed by atoms with Crippen LogP contribution >= 0.6 is 11.8 Å². The Balaban J connectivity index is 2.02. The number of anilines is 1. The van der Waals surface area contributed by atoms with Crippen molar-refractivity contribution in [2.45, 2.75) is 23.2 Å². The normalized spacial score (nSPS) is 20.9. The third-order valence-corrected chi connectivity index (χ3v) is 5.96. The van der Waals surface area contributed by atoms with E-state index in [-0.39, 0.29) is 13.1 Å². The number of hydrogen-bond acceptors (Lipinski definition) is 6. The number of hydrogen-bond donors (Lipinski definition) is 0. The van der Waals surface area contributed by atoms with Gasteiger partial charge in [-0.25, -0.2) is 0 Å². The molecule has 29 heavy (non-hydrogen) atoms. The van der Waals surface area contributed by atoms with E-state index >= 15 is 0 Å². The van der Waals surface area contributed by atoms with Crippen molar-refractivity contribution in [2.24, 2.45) is 0 Å². The lowest BCUT2D eigenvalue weighted by Gasteiger charge is -2.28. The van der Waals surface area contributed by atoms with Gasteiger partial charge < -0.3 is 19.3 Å². The molecule has 0 unspecified atom stereocenters. The van der Waals surface area contributed by atoms with Gasteiger partial charge in [0.25, 0.3) is 5.91 Å². The lowest BCUT2D eigenvalue weighted by atomic mass is 10.1. The first-order valence-corrected chi connectivity index (χ1v) is 10.1. The molecular formula is C22H26N2O4S. The van der Waals surface area contributed by atoms with Crippen LogP contribution in [0.4, 0.5) is 5.69 Å². The van der Waals surface area contributed by atoms with Crippen LogP contribution in [0.2, 0.25) is 0 Å². The van der Waals surface area contributed by atoms with Gasteiger partial charge in [0.05, 0.1) is 18.0 Å². The lowest BCUT2D eigenvalue weighted by molar-refractivity contribution is -0.152. The summed E-state index contributed by atoms with van der Waals surface area (Å²) < 4.78 is 33.5. The maximum absolute atomic E-state index is 13.7. The number of fused-ring (bicyclic) bond motifs is 1. The Morgan fingerprint density at radius 1 is 1.24 bits per heavy atom. The number of methoxy groups -OCH3 is 1. The summed E-state index contributed by atoms with van der Waals surface area (Å²) in [6.45, 7) is -0.739. The molecule has 1 aliphatic heterocycles. The first kappa shape index (κ1) is 17.4. The number of para-hydroxylation sites is 1. The predicted octanol–water partition coefficient (Wildman–Crippen LogP) is 3.37. The van der Waals surface area contributed by atoms with Gasteiger partial charge in [0, 0.05) is 29.0 Å². The summed E-state index contributed by atoms with van der Waals surface area (Å²) >= 11 is 1.44. The molecule has 3 rings (SSSR count). The van der Waals surface area contributed by atoms with Crippen molar-refractivity contribution in [2.75, 3.05) is 39.1 Å². The number of rotatable bonds is 6. The fourth-order valence-electron chi connectivity index (χ4n) is 3.19. The third-order valence-electron chi connectivity index (χ3n) is 4.59. The fraction of sp³-hybridized carbons (Fsp3) is 0.364. The number of carbonyl (C=O) groups excluding carboxylic acids is 2. The Labute approximate surface area is 180 Å². The third kappa shape index (κ3) is 4.92. The minimum Gasteiger partial charge on any atom is -0.497 e. The lowest BCUT2D eigenvalue weighted by Crippen LogP contribution is -2.45. The zero-order chi connectivity index (χ0) is 23.5. The Hall–Kier alpha value is -2.51. The first-order chi connectivity index (χ1) is 15.1. The molecule has 2 atom stereocenters. The highest BCUT2D eigenvalue weighted by molar-refractivity contribution is 7.99. The highest BCUT2D eigenvalue weighted by Gasteiger charge is 2.40. The number of ether oxygens (including phenoxy) is 2. The minimum absolute atomic E-state index is 0.126. The second-order valence-electron chi connectivity index (χ2n) is 6.72. The SMILES string of the molecule is [2H]C([2H])([2H])N(C)CCN1C(=O)[C@@H](OC(C)=O)[C@@H](c2ccc(OC)cc2)Sc2ccccc21. The molecule has 0 radical (unpaired) electrons. The van der Waals surface area contributed by atoms with E-state index in [1.54, 1.807) is 19.2 Å². The Morgan fingerprint density at radius 3 is 2.62 bits per heavy atom. The van der Waals surface area contributed by atoms with Crippen molar-refractivity contribution >= 4 is 29.3 Å². The van der Waals surface area contributed by atoms with Gasteiger partial charge in [-0.2, -0.15) is 0 Å². The molecule has 0 spiro atoms. The Bertz CT molecular complexity index is 968. The average Bonchev–Trinajstić information content (AvgIpc) is 2.86. The highest BCUT2D eigenvalue weighted by Crippen LogP contribution is 2.46. The van der Waals surface area contributed by atoms with E-state index in [2.05, 4.69) is 0 Å². The fourth-order valence-corrected chi connectivity index (χ4v) is 4.51. The molecule has 6 nitrogen and oxygen atoms in total. The highest BCUT2D eigenvalue weighted by atomic mass is 32.2. The van der Waals surface area contributed by atoms with E-state index in [1.807, 2.05) is 36.4 Å². The molecule has 0 bridgehead atoms. The van der Waals surface area contributed by atoms with Crippen LogP contribution in [0.15, 0.2) is 53.4 Å². The number of nitrogens with zero attached hydrogens (tertiary/aromatic N) is 2. The predicted molar refractivity (Wildman–Crippen MR) is 114 cm³/mol. The van der Waals surface area contributed by atoms with Crippen molar-refractivity contribution in [1.82, 2.24) is 4.90 Å². The molecule has 1 aliphatic rings. The largest absolute Gasteiger partial charge is 0.497 e. The summed E-state index contributed by atoms with van der Waals surface area (Å²) in [6, 6.07) is 14.7. The maximum Gasteiger partial charge on any atom is 0.303 e. The molecule has 0 fully saturated rings. The first-order valence-electron chi connectivity index (χ1n) is 10.7. The monoisotopic (exact) mass is 417 g/mol. The average molecular weight is 418 g/mol. The Kier molecular flexibility index (Phi) is 5.58. The van der Waals surface area contributed by atoms with Crippen LogP contribution < -0.4 is 9.64 Å². The molecule has 2 aromatic rings. The molecule has 0 aromatic heterocycles. The van der Waals surface area contributed by atoms with Gasteiger partial charge in [-0.05, 0) is 43.9 Å². The van der Waals surface area contributed by atoms with Crippen LogP contribution in [-0.2, 0) is 14.3 Å². The van der Waals surface area contributed by atoms with Crippen molar-refractivity contribution < 1.29 is 23.2 Å². The van der Waals surface area contributed by atoms with Gasteiger partial charge in [0.2, 0.25) is 0 Å². The van der Waals surface area contributed by atoms with Gasteiger partial charge in [-0.3, -0.25) is 9.59 Å². The molecule has 0 aliphatic carbocycles. The molecule has 0 saturated carbocycles. The van der Waals surface area contributed by atoms with Crippen LogP contribution in [0.1, 0.15) is 21.8 Å². The van der Waals surface area contributed by atoms with Crippen LogP contribution in [0.3, 0.4) is 0 Å².